The highest BCUT2D eigenvalue weighted by molar-refractivity contribution is 7.99. The van der Waals surface area contributed by atoms with E-state index in [1.807, 2.05) is 39.8 Å². The summed E-state index contributed by atoms with van der Waals surface area (Å²) in [6.45, 7) is 2.27. The van der Waals surface area contributed by atoms with Crippen molar-refractivity contribution in [3.63, 3.8) is 0 Å². The maximum atomic E-state index is 13.4. The molecule has 1 fully saturated rings. The Morgan fingerprint density at radius 2 is 1.69 bits per heavy atom. The molecule has 1 amide bonds. The fourth-order valence-electron chi connectivity index (χ4n) is 3.48. The van der Waals surface area contributed by atoms with Gasteiger partial charge in [0.05, 0.1) is 12.3 Å². The summed E-state index contributed by atoms with van der Waals surface area (Å²) in [4.78, 5) is 14.5. The Morgan fingerprint density at radius 3 is 2.41 bits per heavy atom. The van der Waals surface area contributed by atoms with E-state index in [0.717, 1.165) is 37.1 Å². The molecule has 0 aliphatic carbocycles. The van der Waals surface area contributed by atoms with Crippen LogP contribution in [0.25, 0.3) is 11.4 Å². The molecule has 1 aromatic heterocycles. The van der Waals surface area contributed by atoms with E-state index < -0.39 is 0 Å². The minimum atomic E-state index is -0.287. The van der Waals surface area contributed by atoms with E-state index in [1.54, 1.807) is 12.1 Å². The van der Waals surface area contributed by atoms with Crippen LogP contribution in [0.2, 0.25) is 0 Å². The molecular formula is C22H23FN4OS. The second-order valence-corrected chi connectivity index (χ2v) is 8.06. The smallest absolute Gasteiger partial charge is 0.233 e. The minimum Gasteiger partial charge on any atom is -0.342 e. The summed E-state index contributed by atoms with van der Waals surface area (Å²) in [5.74, 6) is 0.870. The number of halogens is 1. The third kappa shape index (κ3) is 4.85. The summed E-state index contributed by atoms with van der Waals surface area (Å²) in [6.07, 6.45) is 3.36. The molecule has 2 aromatic carbocycles. The van der Waals surface area contributed by atoms with Gasteiger partial charge in [-0.25, -0.2) is 4.39 Å². The molecule has 0 N–H and O–H groups in total. The Morgan fingerprint density at radius 1 is 0.966 bits per heavy atom. The van der Waals surface area contributed by atoms with Gasteiger partial charge < -0.3 is 4.90 Å². The number of nitrogens with zero attached hydrogens (tertiary/aromatic N) is 4. The summed E-state index contributed by atoms with van der Waals surface area (Å²) in [5, 5.41) is 9.38. The van der Waals surface area contributed by atoms with Crippen molar-refractivity contribution in [2.45, 2.75) is 31.0 Å². The van der Waals surface area contributed by atoms with E-state index >= 15 is 0 Å². The Balaban J connectivity index is 1.57. The second kappa shape index (κ2) is 9.22. The van der Waals surface area contributed by atoms with Gasteiger partial charge in [0.15, 0.2) is 11.0 Å². The standard InChI is InChI=1S/C22H23FN4OS/c23-19-11-9-18(10-12-19)21-24-25-22(27(21)15-17-7-3-1-4-8-17)29-16-20(28)26-13-5-2-6-14-26/h1,3-4,7-12H,2,5-6,13-16H2. The molecule has 0 saturated carbocycles. The van der Waals surface area contributed by atoms with Crippen molar-refractivity contribution in [2.75, 3.05) is 18.8 Å². The fraction of sp³-hybridized carbons (Fsp3) is 0.318. The Labute approximate surface area is 173 Å². The molecule has 7 heteroatoms. The number of piperidine rings is 1. The topological polar surface area (TPSA) is 51.0 Å². The van der Waals surface area contributed by atoms with Crippen molar-refractivity contribution in [3.05, 3.63) is 66.0 Å². The highest BCUT2D eigenvalue weighted by Gasteiger charge is 2.20. The lowest BCUT2D eigenvalue weighted by Crippen LogP contribution is -2.36. The highest BCUT2D eigenvalue weighted by Crippen LogP contribution is 2.26. The number of rotatable bonds is 6. The van der Waals surface area contributed by atoms with E-state index in [-0.39, 0.29) is 11.7 Å². The molecule has 5 nitrogen and oxygen atoms in total. The van der Waals surface area contributed by atoms with E-state index in [1.165, 1.54) is 30.3 Å². The molecule has 0 atom stereocenters. The zero-order chi connectivity index (χ0) is 20.1. The van der Waals surface area contributed by atoms with Crippen LogP contribution >= 0.6 is 11.8 Å². The predicted octanol–water partition coefficient (Wildman–Crippen LogP) is 4.24. The van der Waals surface area contributed by atoms with Crippen LogP contribution in [0.5, 0.6) is 0 Å². The van der Waals surface area contributed by atoms with Crippen molar-refractivity contribution < 1.29 is 9.18 Å². The van der Waals surface area contributed by atoms with Gasteiger partial charge in [0.1, 0.15) is 5.82 Å². The SMILES string of the molecule is O=C(CSc1nnc(-c2ccc(F)cc2)n1Cc1ccccc1)N1CCCCC1. The van der Waals surface area contributed by atoms with Crippen molar-refractivity contribution in [1.29, 1.82) is 0 Å². The third-order valence-electron chi connectivity index (χ3n) is 5.04. The summed E-state index contributed by atoms with van der Waals surface area (Å²) < 4.78 is 15.3. The molecule has 150 valence electrons. The molecule has 1 aliphatic rings. The molecule has 2 heterocycles. The molecule has 0 bridgehead atoms. The molecule has 29 heavy (non-hydrogen) atoms. The number of hydrogen-bond donors (Lipinski definition) is 0. The van der Waals surface area contributed by atoms with Gasteiger partial charge in [-0.2, -0.15) is 0 Å². The summed E-state index contributed by atoms with van der Waals surface area (Å²) in [7, 11) is 0. The van der Waals surface area contributed by atoms with Crippen LogP contribution in [0.4, 0.5) is 4.39 Å². The lowest BCUT2D eigenvalue weighted by molar-refractivity contribution is -0.129. The van der Waals surface area contributed by atoms with Gasteiger partial charge in [0.25, 0.3) is 0 Å². The molecule has 3 aromatic rings. The second-order valence-electron chi connectivity index (χ2n) is 7.11. The zero-order valence-corrected chi connectivity index (χ0v) is 16.9. The van der Waals surface area contributed by atoms with Gasteiger partial charge >= 0.3 is 0 Å². The fourth-order valence-corrected chi connectivity index (χ4v) is 4.32. The number of aromatic nitrogens is 3. The molecule has 1 aliphatic heterocycles. The molecule has 0 spiro atoms. The predicted molar refractivity (Wildman–Crippen MR) is 112 cm³/mol. The zero-order valence-electron chi connectivity index (χ0n) is 16.1. The van der Waals surface area contributed by atoms with E-state index in [4.69, 9.17) is 0 Å². The van der Waals surface area contributed by atoms with Crippen LogP contribution < -0.4 is 0 Å². The van der Waals surface area contributed by atoms with E-state index in [9.17, 15) is 9.18 Å². The molecule has 4 rings (SSSR count). The Bertz CT molecular complexity index is 953. The average Bonchev–Trinajstić information content (AvgIpc) is 3.16. The van der Waals surface area contributed by atoms with E-state index in [2.05, 4.69) is 10.2 Å². The van der Waals surface area contributed by atoms with Crippen LogP contribution in [-0.2, 0) is 11.3 Å². The number of hydrogen-bond acceptors (Lipinski definition) is 4. The Kier molecular flexibility index (Phi) is 6.24. The summed E-state index contributed by atoms with van der Waals surface area (Å²) in [6, 6.07) is 16.3. The monoisotopic (exact) mass is 410 g/mol. The van der Waals surface area contributed by atoms with Gasteiger partial charge in [-0.1, -0.05) is 42.1 Å². The first-order chi connectivity index (χ1) is 14.2. The quantitative estimate of drug-likeness (QED) is 0.571. The normalized spacial score (nSPS) is 14.2. The first kappa shape index (κ1) is 19.6. The number of thioether (sulfide) groups is 1. The maximum absolute atomic E-state index is 13.4. The van der Waals surface area contributed by atoms with Crippen LogP contribution in [0.3, 0.4) is 0 Å². The van der Waals surface area contributed by atoms with Crippen molar-refractivity contribution in [1.82, 2.24) is 19.7 Å². The highest BCUT2D eigenvalue weighted by atomic mass is 32.2. The lowest BCUT2D eigenvalue weighted by Gasteiger charge is -2.26. The summed E-state index contributed by atoms with van der Waals surface area (Å²) in [5.41, 5.74) is 1.91. The molecular weight excluding hydrogens is 387 g/mol. The van der Waals surface area contributed by atoms with Crippen LogP contribution in [0, 0.1) is 5.82 Å². The van der Waals surface area contributed by atoms with Gasteiger partial charge in [0, 0.05) is 18.7 Å². The van der Waals surface area contributed by atoms with Crippen molar-refractivity contribution in [3.8, 4) is 11.4 Å². The number of amides is 1. The van der Waals surface area contributed by atoms with Crippen LogP contribution in [-0.4, -0.2) is 44.4 Å². The molecule has 0 unspecified atom stereocenters. The largest absolute Gasteiger partial charge is 0.342 e. The van der Waals surface area contributed by atoms with Gasteiger partial charge in [-0.15, -0.1) is 10.2 Å². The minimum absolute atomic E-state index is 0.146. The average molecular weight is 411 g/mol. The van der Waals surface area contributed by atoms with Gasteiger partial charge in [0.2, 0.25) is 5.91 Å². The third-order valence-corrected chi connectivity index (χ3v) is 5.99. The first-order valence-corrected chi connectivity index (χ1v) is 10.8. The van der Waals surface area contributed by atoms with Crippen LogP contribution in [0.15, 0.2) is 59.8 Å². The van der Waals surface area contributed by atoms with Gasteiger partial charge in [-0.05, 0) is 49.1 Å². The van der Waals surface area contributed by atoms with Crippen molar-refractivity contribution >= 4 is 17.7 Å². The number of benzene rings is 2. The Hall–Kier alpha value is -2.67. The first-order valence-electron chi connectivity index (χ1n) is 9.84. The van der Waals surface area contributed by atoms with Crippen molar-refractivity contribution in [2.24, 2.45) is 0 Å². The molecule has 0 radical (unpaired) electrons. The maximum Gasteiger partial charge on any atom is 0.233 e. The lowest BCUT2D eigenvalue weighted by atomic mass is 10.1. The summed E-state index contributed by atoms with van der Waals surface area (Å²) >= 11 is 1.41. The number of carbonyl (C=O) groups is 1. The van der Waals surface area contributed by atoms with Gasteiger partial charge in [-0.3, -0.25) is 9.36 Å². The molecule has 1 saturated heterocycles. The van der Waals surface area contributed by atoms with Crippen LogP contribution in [0.1, 0.15) is 24.8 Å². The number of carbonyl (C=O) groups excluding carboxylic acids is 1. The number of likely N-dealkylation sites (tertiary alicyclic amines) is 1. The van der Waals surface area contributed by atoms with E-state index in [0.29, 0.717) is 23.3 Å².